The van der Waals surface area contributed by atoms with Crippen LogP contribution in [0.3, 0.4) is 0 Å². The van der Waals surface area contributed by atoms with Gasteiger partial charge in [0.15, 0.2) is 0 Å². The summed E-state index contributed by atoms with van der Waals surface area (Å²) in [6.45, 7) is 10.6. The van der Waals surface area contributed by atoms with Crippen LogP contribution >= 0.6 is 0 Å². The maximum Gasteiger partial charge on any atom is 0.222 e. The Morgan fingerprint density at radius 2 is 1.63 bits per heavy atom. The van der Waals surface area contributed by atoms with Gasteiger partial charge in [-0.25, -0.2) is 0 Å². The second kappa shape index (κ2) is 13.2. The number of nitrogens with zero attached hydrogens (tertiary/aromatic N) is 1. The van der Waals surface area contributed by atoms with Crippen molar-refractivity contribution in [2.75, 3.05) is 25.0 Å². The van der Waals surface area contributed by atoms with Gasteiger partial charge in [0, 0.05) is 44.2 Å². The molecule has 2 amide bonds. The molecule has 5 nitrogen and oxygen atoms in total. The predicted octanol–water partition coefficient (Wildman–Crippen LogP) is 4.06. The Morgan fingerprint density at radius 3 is 2.19 bits per heavy atom. The maximum atomic E-state index is 12.2. The summed E-state index contributed by atoms with van der Waals surface area (Å²) in [5, 5.41) is 6.49. The van der Waals surface area contributed by atoms with Gasteiger partial charge in [-0.1, -0.05) is 45.9 Å². The number of benzene rings is 1. The van der Waals surface area contributed by atoms with E-state index in [2.05, 4.69) is 38.3 Å². The number of amides is 2. The molecule has 0 aliphatic heterocycles. The Bertz CT molecular complexity index is 540. The molecule has 0 saturated carbocycles. The van der Waals surface area contributed by atoms with E-state index in [1.807, 2.05) is 35.2 Å². The van der Waals surface area contributed by atoms with E-state index >= 15 is 0 Å². The minimum atomic E-state index is 0.0147. The van der Waals surface area contributed by atoms with Crippen molar-refractivity contribution in [1.29, 1.82) is 0 Å². The summed E-state index contributed by atoms with van der Waals surface area (Å²) in [5.74, 6) is 0.571. The third-order valence-corrected chi connectivity index (χ3v) is 4.58. The zero-order valence-corrected chi connectivity index (χ0v) is 17.5. The largest absolute Gasteiger partial charge is 0.380 e. The van der Waals surface area contributed by atoms with Crippen molar-refractivity contribution < 1.29 is 9.59 Å². The van der Waals surface area contributed by atoms with E-state index in [-0.39, 0.29) is 17.9 Å². The molecule has 1 atom stereocenters. The summed E-state index contributed by atoms with van der Waals surface area (Å²) in [5.41, 5.74) is 1.06. The van der Waals surface area contributed by atoms with E-state index in [1.54, 1.807) is 0 Å². The lowest BCUT2D eigenvalue weighted by molar-refractivity contribution is -0.131. The highest BCUT2D eigenvalue weighted by atomic mass is 16.2. The molecule has 0 bridgehead atoms. The van der Waals surface area contributed by atoms with Gasteiger partial charge in [-0.2, -0.15) is 0 Å². The van der Waals surface area contributed by atoms with Crippen LogP contribution < -0.4 is 10.6 Å². The summed E-state index contributed by atoms with van der Waals surface area (Å²) in [4.78, 5) is 26.3. The van der Waals surface area contributed by atoms with Gasteiger partial charge in [0.1, 0.15) is 0 Å². The van der Waals surface area contributed by atoms with Crippen molar-refractivity contribution in [3.05, 3.63) is 30.3 Å². The molecule has 0 saturated heterocycles. The molecular weight excluding hydrogens is 338 g/mol. The molecule has 0 fully saturated rings. The summed E-state index contributed by atoms with van der Waals surface area (Å²) < 4.78 is 0. The van der Waals surface area contributed by atoms with Gasteiger partial charge >= 0.3 is 0 Å². The monoisotopic (exact) mass is 375 g/mol. The van der Waals surface area contributed by atoms with Gasteiger partial charge in [-0.15, -0.1) is 0 Å². The van der Waals surface area contributed by atoms with Crippen LogP contribution in [0.1, 0.15) is 59.8 Å². The number of hydrogen-bond donors (Lipinski definition) is 2. The fraction of sp³-hybridized carbons (Fsp3) is 0.636. The van der Waals surface area contributed by atoms with Gasteiger partial charge in [-0.3, -0.25) is 9.59 Å². The Balaban J connectivity index is 2.34. The lowest BCUT2D eigenvalue weighted by Crippen LogP contribution is -2.39. The molecule has 0 radical (unpaired) electrons. The molecule has 0 aliphatic carbocycles. The predicted molar refractivity (Wildman–Crippen MR) is 113 cm³/mol. The SMILES string of the molecule is CCCN(CCC)C(=O)CCCC(=O)NCC(Nc1ccccc1)C(C)C. The number of carbonyl (C=O) groups excluding carboxylic acids is 2. The number of para-hydroxylation sites is 1. The Kier molecular flexibility index (Phi) is 11.2. The molecular formula is C22H37N3O2. The van der Waals surface area contributed by atoms with Gasteiger partial charge < -0.3 is 15.5 Å². The van der Waals surface area contributed by atoms with Gasteiger partial charge in [0.05, 0.1) is 0 Å². The second-order valence-corrected chi connectivity index (χ2v) is 7.40. The lowest BCUT2D eigenvalue weighted by Gasteiger charge is -2.24. The first-order valence-electron chi connectivity index (χ1n) is 10.3. The molecule has 1 unspecified atom stereocenters. The fourth-order valence-electron chi connectivity index (χ4n) is 2.97. The molecule has 1 aromatic carbocycles. The van der Waals surface area contributed by atoms with Crippen molar-refractivity contribution in [3.8, 4) is 0 Å². The third kappa shape index (κ3) is 9.45. The van der Waals surface area contributed by atoms with Crippen molar-refractivity contribution in [3.63, 3.8) is 0 Å². The fourth-order valence-corrected chi connectivity index (χ4v) is 2.97. The van der Waals surface area contributed by atoms with E-state index < -0.39 is 0 Å². The van der Waals surface area contributed by atoms with Crippen LogP contribution in [-0.4, -0.2) is 42.4 Å². The third-order valence-electron chi connectivity index (χ3n) is 4.58. The molecule has 0 aliphatic rings. The standard InChI is InChI=1S/C22H37N3O2/c1-5-15-25(16-6-2)22(27)14-10-13-21(26)23-17-20(18(3)4)24-19-11-8-7-9-12-19/h7-9,11-12,18,20,24H,5-6,10,13-17H2,1-4H3,(H,23,26). The van der Waals surface area contributed by atoms with E-state index in [0.717, 1.165) is 31.6 Å². The van der Waals surface area contributed by atoms with Crippen LogP contribution in [-0.2, 0) is 9.59 Å². The first-order valence-corrected chi connectivity index (χ1v) is 10.3. The average Bonchev–Trinajstić information content (AvgIpc) is 2.65. The van der Waals surface area contributed by atoms with Crippen LogP contribution in [0.2, 0.25) is 0 Å². The molecule has 152 valence electrons. The van der Waals surface area contributed by atoms with Crippen molar-refractivity contribution in [2.45, 2.75) is 65.8 Å². The second-order valence-electron chi connectivity index (χ2n) is 7.40. The molecule has 2 N–H and O–H groups in total. The molecule has 1 aromatic rings. The summed E-state index contributed by atoms with van der Waals surface area (Å²) >= 11 is 0. The number of rotatable bonds is 13. The van der Waals surface area contributed by atoms with Crippen molar-refractivity contribution in [2.24, 2.45) is 5.92 Å². The Morgan fingerprint density at radius 1 is 1.00 bits per heavy atom. The van der Waals surface area contributed by atoms with Crippen molar-refractivity contribution >= 4 is 17.5 Å². The summed E-state index contributed by atoms with van der Waals surface area (Å²) in [6.07, 6.45) is 3.39. The lowest BCUT2D eigenvalue weighted by atomic mass is 10.0. The zero-order chi connectivity index (χ0) is 20.1. The highest BCUT2D eigenvalue weighted by molar-refractivity contribution is 5.79. The van der Waals surface area contributed by atoms with Gasteiger partial charge in [0.2, 0.25) is 11.8 Å². The van der Waals surface area contributed by atoms with Crippen LogP contribution in [0.5, 0.6) is 0 Å². The van der Waals surface area contributed by atoms with Crippen LogP contribution in [0.25, 0.3) is 0 Å². The average molecular weight is 376 g/mol. The molecule has 0 aromatic heterocycles. The van der Waals surface area contributed by atoms with Crippen molar-refractivity contribution in [1.82, 2.24) is 10.2 Å². The molecule has 5 heteroatoms. The van der Waals surface area contributed by atoms with E-state index in [1.165, 1.54) is 0 Å². The molecule has 0 spiro atoms. The number of anilines is 1. The smallest absolute Gasteiger partial charge is 0.222 e. The Labute approximate surface area is 164 Å². The topological polar surface area (TPSA) is 61.4 Å². The minimum absolute atomic E-state index is 0.0147. The van der Waals surface area contributed by atoms with Crippen LogP contribution in [0, 0.1) is 5.92 Å². The number of carbonyl (C=O) groups is 2. The van der Waals surface area contributed by atoms with Gasteiger partial charge in [-0.05, 0) is 37.3 Å². The highest BCUT2D eigenvalue weighted by Crippen LogP contribution is 2.12. The quantitative estimate of drug-likeness (QED) is 0.546. The summed E-state index contributed by atoms with van der Waals surface area (Å²) in [6, 6.07) is 10.2. The molecule has 0 heterocycles. The Hall–Kier alpha value is -2.04. The zero-order valence-electron chi connectivity index (χ0n) is 17.5. The van der Waals surface area contributed by atoms with Crippen LogP contribution in [0.4, 0.5) is 5.69 Å². The highest BCUT2D eigenvalue weighted by Gasteiger charge is 2.15. The van der Waals surface area contributed by atoms with E-state index in [4.69, 9.17) is 0 Å². The normalized spacial score (nSPS) is 11.9. The minimum Gasteiger partial charge on any atom is -0.380 e. The van der Waals surface area contributed by atoms with E-state index in [9.17, 15) is 9.59 Å². The first kappa shape index (κ1) is 23.0. The number of nitrogens with one attached hydrogen (secondary N) is 2. The first-order chi connectivity index (χ1) is 13.0. The maximum absolute atomic E-state index is 12.2. The summed E-state index contributed by atoms with van der Waals surface area (Å²) in [7, 11) is 0. The molecule has 1 rings (SSSR count). The number of hydrogen-bond acceptors (Lipinski definition) is 3. The molecule has 27 heavy (non-hydrogen) atoms. The van der Waals surface area contributed by atoms with E-state index in [0.29, 0.717) is 31.7 Å². The van der Waals surface area contributed by atoms with Crippen LogP contribution in [0.15, 0.2) is 30.3 Å². The van der Waals surface area contributed by atoms with Gasteiger partial charge in [0.25, 0.3) is 0 Å².